The molecule has 1 rings (SSSR count). The number of nitrogens with zero attached hydrogens (tertiary/aromatic N) is 1. The summed E-state index contributed by atoms with van der Waals surface area (Å²) in [6, 6.07) is 0. The van der Waals surface area contributed by atoms with Crippen LogP contribution < -0.4 is 5.73 Å². The van der Waals surface area contributed by atoms with Crippen LogP contribution in [0.15, 0.2) is 0 Å². The van der Waals surface area contributed by atoms with Gasteiger partial charge in [-0.3, -0.25) is 4.90 Å². The minimum absolute atomic E-state index is 0.289. The topological polar surface area (TPSA) is 29.3 Å². The Bertz CT molecular complexity index is 205. The second-order valence-electron chi connectivity index (χ2n) is 6.26. The largest absolute Gasteiger partial charge is 0.329 e. The molecule has 0 aromatic carbocycles. The molecule has 0 saturated carbocycles. The van der Waals surface area contributed by atoms with Gasteiger partial charge in [-0.1, -0.05) is 40.5 Å². The SMILES string of the molecule is CCCC(CN)(CCC)N1CCC(C)(C)C1. The van der Waals surface area contributed by atoms with Gasteiger partial charge in [0, 0.05) is 18.6 Å². The molecule has 2 heteroatoms. The van der Waals surface area contributed by atoms with Crippen molar-refractivity contribution < 1.29 is 0 Å². The molecule has 2 nitrogen and oxygen atoms in total. The van der Waals surface area contributed by atoms with Crippen molar-refractivity contribution in [2.45, 2.75) is 65.3 Å². The summed E-state index contributed by atoms with van der Waals surface area (Å²) in [6.07, 6.45) is 6.32. The zero-order valence-electron chi connectivity index (χ0n) is 11.7. The van der Waals surface area contributed by atoms with Crippen LogP contribution in [0.1, 0.15) is 59.8 Å². The van der Waals surface area contributed by atoms with Gasteiger partial charge in [-0.15, -0.1) is 0 Å². The van der Waals surface area contributed by atoms with Gasteiger partial charge in [-0.05, 0) is 31.2 Å². The van der Waals surface area contributed by atoms with Crippen LogP contribution in [0.4, 0.5) is 0 Å². The van der Waals surface area contributed by atoms with Gasteiger partial charge in [-0.2, -0.15) is 0 Å². The van der Waals surface area contributed by atoms with Gasteiger partial charge in [0.15, 0.2) is 0 Å². The summed E-state index contributed by atoms with van der Waals surface area (Å²) >= 11 is 0. The molecule has 1 saturated heterocycles. The third kappa shape index (κ3) is 2.98. The Kier molecular flexibility index (Phi) is 4.81. The van der Waals surface area contributed by atoms with Crippen LogP contribution in [-0.4, -0.2) is 30.1 Å². The molecule has 0 aliphatic carbocycles. The van der Waals surface area contributed by atoms with Crippen molar-refractivity contribution in [1.82, 2.24) is 4.90 Å². The molecule has 0 radical (unpaired) electrons. The standard InChI is InChI=1S/C14H30N2/c1-5-7-14(11-15,8-6-2)16-10-9-13(3,4)12-16/h5-12,15H2,1-4H3. The van der Waals surface area contributed by atoms with E-state index in [4.69, 9.17) is 5.73 Å². The van der Waals surface area contributed by atoms with E-state index in [0.717, 1.165) is 6.54 Å². The maximum absolute atomic E-state index is 6.11. The van der Waals surface area contributed by atoms with Gasteiger partial charge in [0.25, 0.3) is 0 Å². The predicted molar refractivity (Wildman–Crippen MR) is 71.6 cm³/mol. The number of rotatable bonds is 6. The average Bonchev–Trinajstić information content (AvgIpc) is 2.59. The number of hydrogen-bond donors (Lipinski definition) is 1. The highest BCUT2D eigenvalue weighted by Crippen LogP contribution is 2.37. The molecule has 16 heavy (non-hydrogen) atoms. The van der Waals surface area contributed by atoms with Crippen molar-refractivity contribution in [2.75, 3.05) is 19.6 Å². The molecule has 0 spiro atoms. The lowest BCUT2D eigenvalue weighted by Gasteiger charge is -2.42. The summed E-state index contributed by atoms with van der Waals surface area (Å²) in [4.78, 5) is 2.68. The third-order valence-corrected chi connectivity index (χ3v) is 4.16. The Hall–Kier alpha value is -0.0800. The Morgan fingerprint density at radius 3 is 2.06 bits per heavy atom. The van der Waals surface area contributed by atoms with E-state index in [1.165, 1.54) is 45.2 Å². The lowest BCUT2D eigenvalue weighted by Crippen LogP contribution is -2.53. The zero-order chi connectivity index (χ0) is 12.2. The van der Waals surface area contributed by atoms with E-state index in [-0.39, 0.29) is 5.54 Å². The second kappa shape index (κ2) is 5.50. The maximum atomic E-state index is 6.11. The van der Waals surface area contributed by atoms with Crippen molar-refractivity contribution in [3.63, 3.8) is 0 Å². The minimum atomic E-state index is 0.289. The smallest absolute Gasteiger partial charge is 0.0331 e. The van der Waals surface area contributed by atoms with E-state index in [1.807, 2.05) is 0 Å². The van der Waals surface area contributed by atoms with Gasteiger partial charge < -0.3 is 5.73 Å². The summed E-state index contributed by atoms with van der Waals surface area (Å²) < 4.78 is 0. The van der Waals surface area contributed by atoms with Crippen molar-refractivity contribution in [2.24, 2.45) is 11.1 Å². The highest BCUT2D eigenvalue weighted by molar-refractivity contribution is 4.97. The van der Waals surface area contributed by atoms with Gasteiger partial charge in [0.05, 0.1) is 0 Å². The summed E-state index contributed by atoms with van der Waals surface area (Å²) in [5, 5.41) is 0. The van der Waals surface area contributed by atoms with E-state index in [9.17, 15) is 0 Å². The Morgan fingerprint density at radius 1 is 1.19 bits per heavy atom. The van der Waals surface area contributed by atoms with E-state index < -0.39 is 0 Å². The van der Waals surface area contributed by atoms with Gasteiger partial charge in [0.1, 0.15) is 0 Å². The fourth-order valence-electron chi connectivity index (χ4n) is 3.22. The van der Waals surface area contributed by atoms with Crippen LogP contribution in [0, 0.1) is 5.41 Å². The number of likely N-dealkylation sites (tertiary alicyclic amines) is 1. The number of hydrogen-bond acceptors (Lipinski definition) is 2. The fraction of sp³-hybridized carbons (Fsp3) is 1.00. The molecular formula is C14H30N2. The molecule has 2 N–H and O–H groups in total. The Balaban J connectivity index is 2.75. The van der Waals surface area contributed by atoms with E-state index in [0.29, 0.717) is 5.41 Å². The molecule has 1 aliphatic heterocycles. The lowest BCUT2D eigenvalue weighted by molar-refractivity contribution is 0.0900. The first-order valence-corrected chi connectivity index (χ1v) is 6.95. The Morgan fingerprint density at radius 2 is 1.75 bits per heavy atom. The van der Waals surface area contributed by atoms with E-state index in [2.05, 4.69) is 32.6 Å². The second-order valence-corrected chi connectivity index (χ2v) is 6.26. The molecule has 0 bridgehead atoms. The molecule has 0 aromatic heterocycles. The van der Waals surface area contributed by atoms with E-state index in [1.54, 1.807) is 0 Å². The lowest BCUT2D eigenvalue weighted by atomic mass is 9.86. The molecule has 0 atom stereocenters. The maximum Gasteiger partial charge on any atom is 0.0331 e. The molecule has 96 valence electrons. The third-order valence-electron chi connectivity index (χ3n) is 4.16. The molecule has 0 amide bonds. The quantitative estimate of drug-likeness (QED) is 0.754. The van der Waals surface area contributed by atoms with Crippen LogP contribution in [-0.2, 0) is 0 Å². The predicted octanol–water partition coefficient (Wildman–Crippen LogP) is 3.02. The van der Waals surface area contributed by atoms with Crippen LogP contribution >= 0.6 is 0 Å². The molecule has 1 aliphatic rings. The van der Waals surface area contributed by atoms with Crippen molar-refractivity contribution in [3.8, 4) is 0 Å². The summed E-state index contributed by atoms with van der Waals surface area (Å²) in [5.41, 5.74) is 6.88. The molecular weight excluding hydrogens is 196 g/mol. The van der Waals surface area contributed by atoms with Crippen LogP contribution in [0.3, 0.4) is 0 Å². The van der Waals surface area contributed by atoms with Crippen LogP contribution in [0.5, 0.6) is 0 Å². The van der Waals surface area contributed by atoms with E-state index >= 15 is 0 Å². The number of nitrogens with two attached hydrogens (primary N) is 1. The van der Waals surface area contributed by atoms with Gasteiger partial charge in [0.2, 0.25) is 0 Å². The zero-order valence-corrected chi connectivity index (χ0v) is 11.7. The normalized spacial score (nSPS) is 21.6. The van der Waals surface area contributed by atoms with Crippen molar-refractivity contribution >= 4 is 0 Å². The van der Waals surface area contributed by atoms with Crippen LogP contribution in [0.2, 0.25) is 0 Å². The first kappa shape index (κ1) is 14.0. The fourth-order valence-corrected chi connectivity index (χ4v) is 3.22. The summed E-state index contributed by atoms with van der Waals surface area (Å²) in [7, 11) is 0. The summed E-state index contributed by atoms with van der Waals surface area (Å²) in [5.74, 6) is 0. The molecule has 1 fully saturated rings. The van der Waals surface area contributed by atoms with Gasteiger partial charge >= 0.3 is 0 Å². The highest BCUT2D eigenvalue weighted by atomic mass is 15.2. The van der Waals surface area contributed by atoms with Crippen molar-refractivity contribution in [3.05, 3.63) is 0 Å². The van der Waals surface area contributed by atoms with Crippen LogP contribution in [0.25, 0.3) is 0 Å². The molecule has 1 heterocycles. The monoisotopic (exact) mass is 226 g/mol. The molecule has 0 unspecified atom stereocenters. The average molecular weight is 226 g/mol. The summed E-state index contributed by atoms with van der Waals surface area (Å²) in [6.45, 7) is 12.6. The minimum Gasteiger partial charge on any atom is -0.329 e. The first-order chi connectivity index (χ1) is 7.49. The molecule has 0 aromatic rings. The Labute approximate surface area is 102 Å². The highest BCUT2D eigenvalue weighted by Gasteiger charge is 2.40. The first-order valence-electron chi connectivity index (χ1n) is 6.95. The van der Waals surface area contributed by atoms with Gasteiger partial charge in [-0.25, -0.2) is 0 Å². The van der Waals surface area contributed by atoms with Crippen molar-refractivity contribution in [1.29, 1.82) is 0 Å².